The van der Waals surface area contributed by atoms with E-state index >= 15 is 0 Å². The second-order valence-electron chi connectivity index (χ2n) is 7.20. The normalized spacial score (nSPS) is 10.8. The van der Waals surface area contributed by atoms with Crippen LogP contribution < -0.4 is 20.9 Å². The quantitative estimate of drug-likeness (QED) is 0.172. The van der Waals surface area contributed by atoms with Crippen molar-refractivity contribution in [3.05, 3.63) is 54.6 Å². The lowest BCUT2D eigenvalue weighted by Gasteiger charge is -2.10. The van der Waals surface area contributed by atoms with Gasteiger partial charge in [-0.2, -0.15) is 0 Å². The molecule has 2 heterocycles. The largest absolute Gasteiger partial charge is 0.497 e. The van der Waals surface area contributed by atoms with Crippen LogP contribution in [-0.4, -0.2) is 40.8 Å². The molecule has 3 amide bonds. The molecule has 0 saturated heterocycles. The van der Waals surface area contributed by atoms with Crippen LogP contribution in [0.4, 0.5) is 10.6 Å². The first-order valence-corrected chi connectivity index (χ1v) is 10.1. The Bertz CT molecular complexity index is 1270. The number of amides is 3. The molecule has 0 radical (unpaired) electrons. The smallest absolute Gasteiger partial charge is 0.320 e. The number of anilines is 1. The third-order valence-electron chi connectivity index (χ3n) is 5.09. The van der Waals surface area contributed by atoms with Gasteiger partial charge < -0.3 is 15.0 Å². The molecule has 0 aliphatic rings. The summed E-state index contributed by atoms with van der Waals surface area (Å²) in [5, 5.41) is 15.9. The molecular formula is C23H23N5O4. The number of aromatic amines is 1. The Morgan fingerprint density at radius 3 is 2.62 bits per heavy atom. The van der Waals surface area contributed by atoms with Crippen molar-refractivity contribution < 1.29 is 19.5 Å². The summed E-state index contributed by atoms with van der Waals surface area (Å²) < 4.78 is 5.25. The first kappa shape index (κ1) is 21.1. The molecule has 32 heavy (non-hydrogen) atoms. The zero-order valence-electron chi connectivity index (χ0n) is 17.4. The number of ether oxygens (including phenoxy) is 1. The lowest BCUT2D eigenvalue weighted by Crippen LogP contribution is -2.30. The number of rotatable bonds is 7. The summed E-state index contributed by atoms with van der Waals surface area (Å²) in [6.45, 7) is 0.278. The van der Waals surface area contributed by atoms with Crippen LogP contribution in [-0.2, 0) is 4.79 Å². The fraction of sp³-hybridized carbons (Fsp3) is 0.174. The third-order valence-corrected chi connectivity index (χ3v) is 5.09. The van der Waals surface area contributed by atoms with E-state index in [1.165, 1.54) is 0 Å². The number of aromatic nitrogens is 2. The Kier molecular flexibility index (Phi) is 6.18. The number of carbonyl (C=O) groups is 2. The molecule has 0 aliphatic heterocycles. The van der Waals surface area contributed by atoms with Gasteiger partial charge in [0.2, 0.25) is 5.91 Å². The highest BCUT2D eigenvalue weighted by atomic mass is 16.5. The topological polar surface area (TPSA) is 128 Å². The zero-order chi connectivity index (χ0) is 22.5. The molecule has 0 unspecified atom stereocenters. The predicted octanol–water partition coefficient (Wildman–Crippen LogP) is 3.80. The maximum absolute atomic E-state index is 12.4. The minimum atomic E-state index is -0.497. The molecular weight excluding hydrogens is 410 g/mol. The molecule has 0 spiro atoms. The maximum atomic E-state index is 12.4. The van der Waals surface area contributed by atoms with Gasteiger partial charge in [0.25, 0.3) is 0 Å². The number of carbonyl (C=O) groups excluding carboxylic acids is 2. The van der Waals surface area contributed by atoms with Gasteiger partial charge in [-0.25, -0.2) is 15.3 Å². The fourth-order valence-electron chi connectivity index (χ4n) is 3.53. The molecule has 2 aromatic carbocycles. The van der Waals surface area contributed by atoms with E-state index < -0.39 is 11.9 Å². The monoisotopic (exact) mass is 433 g/mol. The van der Waals surface area contributed by atoms with Gasteiger partial charge >= 0.3 is 6.03 Å². The van der Waals surface area contributed by atoms with E-state index in [0.29, 0.717) is 17.9 Å². The Labute approximate surface area is 183 Å². The number of pyridine rings is 1. The van der Waals surface area contributed by atoms with Gasteiger partial charge in [0.1, 0.15) is 11.6 Å². The molecule has 9 nitrogen and oxygen atoms in total. The van der Waals surface area contributed by atoms with Crippen molar-refractivity contribution in [2.24, 2.45) is 0 Å². The molecule has 0 atom stereocenters. The van der Waals surface area contributed by atoms with Gasteiger partial charge in [0, 0.05) is 34.8 Å². The second kappa shape index (κ2) is 9.36. The van der Waals surface area contributed by atoms with E-state index in [1.807, 2.05) is 54.6 Å². The van der Waals surface area contributed by atoms with Gasteiger partial charge in [-0.1, -0.05) is 18.2 Å². The van der Waals surface area contributed by atoms with E-state index in [1.54, 1.807) is 12.6 Å². The Morgan fingerprint density at radius 2 is 1.88 bits per heavy atom. The standard InChI is InChI=1S/C23H23N5O4/c1-32-15-10-8-14(9-11-15)21-22-17(16-5-2-3-6-18(16)25-22)13-19(26-21)27-23(30)24-12-4-7-20(29)28-31/h2-3,5-6,8-11,13,25,31H,4,7,12H2,1H3,(H,28,29)(H2,24,26,27,30). The van der Waals surface area contributed by atoms with Crippen LogP contribution in [0.25, 0.3) is 33.1 Å². The van der Waals surface area contributed by atoms with Crippen molar-refractivity contribution >= 4 is 39.6 Å². The zero-order valence-corrected chi connectivity index (χ0v) is 17.4. The lowest BCUT2D eigenvalue weighted by atomic mass is 10.1. The van der Waals surface area contributed by atoms with Crippen molar-refractivity contribution in [1.29, 1.82) is 0 Å². The van der Waals surface area contributed by atoms with Crippen LogP contribution in [0.1, 0.15) is 12.8 Å². The number of hydroxylamine groups is 1. The van der Waals surface area contributed by atoms with Crippen molar-refractivity contribution in [2.75, 3.05) is 19.0 Å². The summed E-state index contributed by atoms with van der Waals surface area (Å²) in [4.78, 5) is 31.5. The van der Waals surface area contributed by atoms with Crippen molar-refractivity contribution in [1.82, 2.24) is 20.8 Å². The average molecular weight is 433 g/mol. The van der Waals surface area contributed by atoms with Crippen LogP contribution in [0.5, 0.6) is 5.75 Å². The molecule has 4 rings (SSSR count). The molecule has 4 aromatic rings. The van der Waals surface area contributed by atoms with Crippen LogP contribution in [0.15, 0.2) is 54.6 Å². The van der Waals surface area contributed by atoms with E-state index in [4.69, 9.17) is 14.9 Å². The summed E-state index contributed by atoms with van der Waals surface area (Å²) in [5.41, 5.74) is 4.99. The molecule has 164 valence electrons. The summed E-state index contributed by atoms with van der Waals surface area (Å²) >= 11 is 0. The van der Waals surface area contributed by atoms with Gasteiger partial charge in [-0.3, -0.25) is 15.3 Å². The number of nitrogens with zero attached hydrogens (tertiary/aromatic N) is 1. The lowest BCUT2D eigenvalue weighted by molar-refractivity contribution is -0.129. The summed E-state index contributed by atoms with van der Waals surface area (Å²) in [6, 6.07) is 16.9. The van der Waals surface area contributed by atoms with E-state index in [9.17, 15) is 9.59 Å². The molecule has 0 fully saturated rings. The highest BCUT2D eigenvalue weighted by molar-refractivity contribution is 6.12. The Hall–Kier alpha value is -4.11. The first-order valence-electron chi connectivity index (χ1n) is 10.1. The van der Waals surface area contributed by atoms with Crippen LogP contribution >= 0.6 is 0 Å². The van der Waals surface area contributed by atoms with Crippen molar-refractivity contribution in [3.63, 3.8) is 0 Å². The average Bonchev–Trinajstić information content (AvgIpc) is 3.20. The van der Waals surface area contributed by atoms with Crippen LogP contribution in [0, 0.1) is 0 Å². The maximum Gasteiger partial charge on any atom is 0.320 e. The molecule has 0 bridgehead atoms. The van der Waals surface area contributed by atoms with Gasteiger partial charge in [-0.15, -0.1) is 0 Å². The minimum Gasteiger partial charge on any atom is -0.497 e. The van der Waals surface area contributed by atoms with Gasteiger partial charge in [0.15, 0.2) is 0 Å². The summed E-state index contributed by atoms with van der Waals surface area (Å²) in [6.07, 6.45) is 0.504. The number of para-hydroxylation sites is 1. The summed E-state index contributed by atoms with van der Waals surface area (Å²) in [5.74, 6) is 0.645. The number of urea groups is 1. The molecule has 5 N–H and O–H groups in total. The number of nitrogens with one attached hydrogen (secondary N) is 4. The number of methoxy groups -OCH3 is 1. The number of H-pyrrole nitrogens is 1. The highest BCUT2D eigenvalue weighted by Crippen LogP contribution is 2.34. The first-order chi connectivity index (χ1) is 15.6. The van der Waals surface area contributed by atoms with Crippen molar-refractivity contribution in [2.45, 2.75) is 12.8 Å². The number of benzene rings is 2. The molecule has 9 heteroatoms. The van der Waals surface area contributed by atoms with Gasteiger partial charge in [-0.05, 0) is 42.8 Å². The van der Waals surface area contributed by atoms with E-state index in [2.05, 4.69) is 15.6 Å². The number of hydrogen-bond donors (Lipinski definition) is 5. The van der Waals surface area contributed by atoms with E-state index in [-0.39, 0.29) is 13.0 Å². The molecule has 0 aliphatic carbocycles. The third kappa shape index (κ3) is 4.47. The number of fused-ring (bicyclic) bond motifs is 3. The second-order valence-corrected chi connectivity index (χ2v) is 7.20. The minimum absolute atomic E-state index is 0.109. The predicted molar refractivity (Wildman–Crippen MR) is 122 cm³/mol. The number of hydrogen-bond acceptors (Lipinski definition) is 5. The molecule has 2 aromatic heterocycles. The SMILES string of the molecule is COc1ccc(-c2nc(NC(=O)NCCCC(=O)NO)cc3c2[nH]c2ccccc23)cc1. The Balaban J connectivity index is 1.64. The highest BCUT2D eigenvalue weighted by Gasteiger charge is 2.15. The van der Waals surface area contributed by atoms with Gasteiger partial charge in [0.05, 0.1) is 18.3 Å². The molecule has 0 saturated carbocycles. The Morgan fingerprint density at radius 1 is 1.09 bits per heavy atom. The summed E-state index contributed by atoms with van der Waals surface area (Å²) in [7, 11) is 1.61. The van der Waals surface area contributed by atoms with Crippen LogP contribution in [0.3, 0.4) is 0 Å². The van der Waals surface area contributed by atoms with Crippen molar-refractivity contribution in [3.8, 4) is 17.0 Å². The fourth-order valence-corrected chi connectivity index (χ4v) is 3.53. The van der Waals surface area contributed by atoms with Crippen LogP contribution in [0.2, 0.25) is 0 Å². The van der Waals surface area contributed by atoms with E-state index in [0.717, 1.165) is 33.1 Å².